The van der Waals surface area contributed by atoms with Gasteiger partial charge in [-0.15, -0.1) is 0 Å². The lowest BCUT2D eigenvalue weighted by Gasteiger charge is -2.36. The Bertz CT molecular complexity index is 270. The molecule has 0 aromatic rings. The molecule has 0 aromatic heterocycles. The van der Waals surface area contributed by atoms with E-state index in [1.807, 2.05) is 0 Å². The van der Waals surface area contributed by atoms with Gasteiger partial charge in [0.2, 0.25) is 0 Å². The van der Waals surface area contributed by atoms with Gasteiger partial charge in [-0.2, -0.15) is 0 Å². The van der Waals surface area contributed by atoms with Gasteiger partial charge in [0.05, 0.1) is 13.2 Å². The first-order valence-corrected chi connectivity index (χ1v) is 8.06. The highest BCUT2D eigenvalue weighted by Crippen LogP contribution is 2.47. The lowest BCUT2D eigenvalue weighted by atomic mass is 9.98. The fourth-order valence-corrected chi connectivity index (χ4v) is 3.04. The molecule has 1 saturated carbocycles. The molecule has 2 unspecified atom stereocenters. The van der Waals surface area contributed by atoms with E-state index in [0.29, 0.717) is 17.5 Å². The summed E-state index contributed by atoms with van der Waals surface area (Å²) < 4.78 is 5.48. The number of nitrogens with zero attached hydrogens (tertiary/aromatic N) is 1. The summed E-state index contributed by atoms with van der Waals surface area (Å²) in [5.41, 5.74) is 0.577. The number of hydrogen-bond acceptors (Lipinski definition) is 3. The topological polar surface area (TPSA) is 24.5 Å². The van der Waals surface area contributed by atoms with Crippen LogP contribution in [0.5, 0.6) is 0 Å². The molecule has 3 heteroatoms. The molecule has 2 aliphatic rings. The highest BCUT2D eigenvalue weighted by molar-refractivity contribution is 4.97. The third kappa shape index (κ3) is 4.44. The Morgan fingerprint density at radius 2 is 1.79 bits per heavy atom. The molecule has 1 aliphatic carbocycles. The zero-order chi connectivity index (χ0) is 13.9. The largest absolute Gasteiger partial charge is 0.379 e. The van der Waals surface area contributed by atoms with Crippen molar-refractivity contribution >= 4 is 0 Å². The first-order chi connectivity index (χ1) is 9.01. The van der Waals surface area contributed by atoms with Crippen LogP contribution in [0.2, 0.25) is 0 Å². The zero-order valence-corrected chi connectivity index (χ0v) is 13.2. The predicted octanol–water partition coefficient (Wildman–Crippen LogP) is 2.51. The maximum Gasteiger partial charge on any atom is 0.0594 e. The van der Waals surface area contributed by atoms with Crippen molar-refractivity contribution < 1.29 is 4.74 Å². The van der Waals surface area contributed by atoms with Gasteiger partial charge < -0.3 is 10.1 Å². The maximum atomic E-state index is 5.48. The molecule has 0 bridgehead atoms. The Kier molecular flexibility index (Phi) is 5.27. The van der Waals surface area contributed by atoms with E-state index in [4.69, 9.17) is 4.74 Å². The number of rotatable bonds is 7. The maximum absolute atomic E-state index is 5.48. The molecule has 1 heterocycles. The number of morpholine rings is 1. The van der Waals surface area contributed by atoms with Crippen LogP contribution >= 0.6 is 0 Å². The van der Waals surface area contributed by atoms with Crippen molar-refractivity contribution in [2.75, 3.05) is 32.8 Å². The summed E-state index contributed by atoms with van der Waals surface area (Å²) in [6, 6.07) is 1.33. The molecule has 1 N–H and O–H groups in total. The molecule has 112 valence electrons. The van der Waals surface area contributed by atoms with Gasteiger partial charge in [-0.25, -0.2) is 0 Å². The minimum absolute atomic E-state index is 0.577. The Morgan fingerprint density at radius 1 is 1.16 bits per heavy atom. The van der Waals surface area contributed by atoms with E-state index >= 15 is 0 Å². The van der Waals surface area contributed by atoms with Crippen LogP contribution < -0.4 is 5.32 Å². The smallest absolute Gasteiger partial charge is 0.0594 e. The average molecular weight is 268 g/mol. The molecular weight excluding hydrogens is 236 g/mol. The zero-order valence-electron chi connectivity index (χ0n) is 13.2. The molecule has 1 saturated heterocycles. The molecule has 19 heavy (non-hydrogen) atoms. The number of ether oxygens (including phenoxy) is 1. The third-order valence-electron chi connectivity index (χ3n) is 5.05. The van der Waals surface area contributed by atoms with E-state index in [0.717, 1.165) is 38.8 Å². The van der Waals surface area contributed by atoms with E-state index in [2.05, 4.69) is 37.9 Å². The molecule has 2 fully saturated rings. The van der Waals surface area contributed by atoms with Gasteiger partial charge in [-0.3, -0.25) is 4.90 Å². The van der Waals surface area contributed by atoms with Crippen LogP contribution in [-0.4, -0.2) is 49.8 Å². The SMILES string of the molecule is CC(C)CC(CNC(C)C1(C)CC1)N1CCOCC1. The van der Waals surface area contributed by atoms with Gasteiger partial charge in [-0.1, -0.05) is 20.8 Å². The van der Waals surface area contributed by atoms with E-state index < -0.39 is 0 Å². The predicted molar refractivity (Wildman–Crippen MR) is 80.4 cm³/mol. The second kappa shape index (κ2) is 6.55. The van der Waals surface area contributed by atoms with Gasteiger partial charge in [0.25, 0.3) is 0 Å². The standard InChI is InChI=1S/C16H32N2O/c1-13(2)11-15(18-7-9-19-10-8-18)12-17-14(3)16(4)5-6-16/h13-15,17H,5-12H2,1-4H3. The third-order valence-corrected chi connectivity index (χ3v) is 5.05. The van der Waals surface area contributed by atoms with Crippen LogP contribution in [0.4, 0.5) is 0 Å². The average Bonchev–Trinajstić information content (AvgIpc) is 3.14. The van der Waals surface area contributed by atoms with Crippen LogP contribution in [-0.2, 0) is 4.74 Å². The summed E-state index contributed by atoms with van der Waals surface area (Å²) in [6.45, 7) is 14.6. The van der Waals surface area contributed by atoms with E-state index in [1.54, 1.807) is 0 Å². The molecule has 3 nitrogen and oxygen atoms in total. The molecule has 0 amide bonds. The van der Waals surface area contributed by atoms with Crippen LogP contribution in [0.3, 0.4) is 0 Å². The van der Waals surface area contributed by atoms with E-state index in [-0.39, 0.29) is 0 Å². The lowest BCUT2D eigenvalue weighted by molar-refractivity contribution is 0.0115. The normalized spacial score (nSPS) is 26.4. The quantitative estimate of drug-likeness (QED) is 0.768. The van der Waals surface area contributed by atoms with E-state index in [1.165, 1.54) is 19.3 Å². The molecule has 0 aromatic carbocycles. The first-order valence-electron chi connectivity index (χ1n) is 8.06. The Morgan fingerprint density at radius 3 is 2.32 bits per heavy atom. The summed E-state index contributed by atoms with van der Waals surface area (Å²) in [5, 5.41) is 3.81. The molecule has 1 aliphatic heterocycles. The molecule has 0 spiro atoms. The highest BCUT2D eigenvalue weighted by atomic mass is 16.5. The Labute approximate surface area is 119 Å². The van der Waals surface area contributed by atoms with Gasteiger partial charge in [0, 0.05) is 31.7 Å². The van der Waals surface area contributed by atoms with E-state index in [9.17, 15) is 0 Å². The van der Waals surface area contributed by atoms with Gasteiger partial charge in [-0.05, 0) is 37.5 Å². The monoisotopic (exact) mass is 268 g/mol. The molecule has 2 atom stereocenters. The summed E-state index contributed by atoms with van der Waals surface area (Å²) in [7, 11) is 0. The van der Waals surface area contributed by atoms with Crippen molar-refractivity contribution in [3.63, 3.8) is 0 Å². The van der Waals surface area contributed by atoms with Crippen molar-refractivity contribution in [3.05, 3.63) is 0 Å². The van der Waals surface area contributed by atoms with Crippen molar-refractivity contribution in [2.45, 2.75) is 59.0 Å². The Balaban J connectivity index is 1.82. The lowest BCUT2D eigenvalue weighted by Crippen LogP contribution is -2.50. The van der Waals surface area contributed by atoms with Crippen LogP contribution in [0, 0.1) is 11.3 Å². The van der Waals surface area contributed by atoms with Gasteiger partial charge >= 0.3 is 0 Å². The minimum Gasteiger partial charge on any atom is -0.379 e. The number of hydrogen-bond donors (Lipinski definition) is 1. The summed E-state index contributed by atoms with van der Waals surface area (Å²) >= 11 is 0. The number of nitrogens with one attached hydrogen (secondary N) is 1. The second-order valence-electron chi connectivity index (χ2n) is 7.22. The fraction of sp³-hybridized carbons (Fsp3) is 1.00. The molecular formula is C16H32N2O. The van der Waals surface area contributed by atoms with Crippen molar-refractivity contribution in [1.29, 1.82) is 0 Å². The summed E-state index contributed by atoms with van der Waals surface area (Å²) in [4.78, 5) is 2.62. The van der Waals surface area contributed by atoms with Crippen molar-refractivity contribution in [1.82, 2.24) is 10.2 Å². The van der Waals surface area contributed by atoms with Gasteiger partial charge in [0.1, 0.15) is 0 Å². The van der Waals surface area contributed by atoms with Gasteiger partial charge in [0.15, 0.2) is 0 Å². The molecule has 2 rings (SSSR count). The first kappa shape index (κ1) is 15.3. The van der Waals surface area contributed by atoms with Crippen molar-refractivity contribution in [3.8, 4) is 0 Å². The minimum atomic E-state index is 0.577. The summed E-state index contributed by atoms with van der Waals surface area (Å²) in [6.07, 6.45) is 4.08. The Hall–Kier alpha value is -0.120. The highest BCUT2D eigenvalue weighted by Gasteiger charge is 2.42. The van der Waals surface area contributed by atoms with Crippen molar-refractivity contribution in [2.24, 2.45) is 11.3 Å². The fourth-order valence-electron chi connectivity index (χ4n) is 3.04. The second-order valence-corrected chi connectivity index (χ2v) is 7.22. The van der Waals surface area contributed by atoms with Crippen LogP contribution in [0.1, 0.15) is 47.0 Å². The summed E-state index contributed by atoms with van der Waals surface area (Å²) in [5.74, 6) is 0.765. The molecule has 0 radical (unpaired) electrons. The van der Waals surface area contributed by atoms with Crippen LogP contribution in [0.15, 0.2) is 0 Å². The van der Waals surface area contributed by atoms with Crippen LogP contribution in [0.25, 0.3) is 0 Å².